The van der Waals surface area contributed by atoms with E-state index >= 15 is 0 Å². The van der Waals surface area contributed by atoms with Crippen LogP contribution < -0.4 is 20.7 Å². The third-order valence-electron chi connectivity index (χ3n) is 7.64. The Morgan fingerprint density at radius 2 is 1.48 bits per heavy atom. The van der Waals surface area contributed by atoms with E-state index in [-0.39, 0.29) is 36.1 Å². The van der Waals surface area contributed by atoms with Gasteiger partial charge in [-0.3, -0.25) is 14.4 Å². The van der Waals surface area contributed by atoms with Crippen LogP contribution in [0.1, 0.15) is 86.3 Å². The molecule has 4 atom stereocenters. The zero-order valence-electron chi connectivity index (χ0n) is 29.8. The molecular weight excluding hydrogens is 578 g/mol. The lowest BCUT2D eigenvalue weighted by Crippen LogP contribution is -2.42. The number of ketones is 1. The van der Waals surface area contributed by atoms with Crippen LogP contribution in [-0.4, -0.2) is 61.1 Å². The Kier molecular flexibility index (Phi) is 23.7. The van der Waals surface area contributed by atoms with Gasteiger partial charge >= 0.3 is 0 Å². The lowest BCUT2D eigenvalue weighted by Gasteiger charge is -2.21. The third-order valence-corrected chi connectivity index (χ3v) is 7.64. The van der Waals surface area contributed by atoms with Crippen molar-refractivity contribution in [3.8, 4) is 5.75 Å². The largest absolute Gasteiger partial charge is 0.492 e. The number of aryl methyl sites for hydroxylation is 1. The van der Waals surface area contributed by atoms with Gasteiger partial charge in [-0.15, -0.1) is 0 Å². The van der Waals surface area contributed by atoms with Crippen molar-refractivity contribution < 1.29 is 24.2 Å². The summed E-state index contributed by atoms with van der Waals surface area (Å²) in [7, 11) is 0. The van der Waals surface area contributed by atoms with Gasteiger partial charge in [0.05, 0.1) is 24.6 Å². The molecule has 2 amide bonds. The van der Waals surface area contributed by atoms with E-state index in [1.807, 2.05) is 36.4 Å². The van der Waals surface area contributed by atoms with Crippen LogP contribution in [0.5, 0.6) is 5.75 Å². The number of benzene rings is 2. The number of ether oxygens (including phenoxy) is 1. The van der Waals surface area contributed by atoms with Crippen molar-refractivity contribution in [3.05, 3.63) is 71.8 Å². The highest BCUT2D eigenvalue weighted by Gasteiger charge is 2.20. The smallest absolute Gasteiger partial charge is 0.239 e. The molecule has 8 heteroatoms. The first-order chi connectivity index (χ1) is 21.9. The van der Waals surface area contributed by atoms with Crippen LogP contribution in [0.25, 0.3) is 6.08 Å². The summed E-state index contributed by atoms with van der Waals surface area (Å²) in [6, 6.07) is 17.9. The highest BCUT2D eigenvalue weighted by Crippen LogP contribution is 2.19. The molecule has 0 heterocycles. The van der Waals surface area contributed by atoms with Gasteiger partial charge < -0.3 is 25.8 Å². The summed E-state index contributed by atoms with van der Waals surface area (Å²) in [4.78, 5) is 35.5. The highest BCUT2D eigenvalue weighted by atomic mass is 16.5. The molecule has 0 aromatic heterocycles. The standard InChI is InChI=1S/C25H39N3O5.C8H10.C5H12/c1-6-17(2)24(20(5)30)27-14-15-33-22-12-8-7-10-21(22)11-9-13-26-23(31)16-28-25(32)18(3)19(4)29;1-2-8-6-4-3-5-7-8;1-4-5(2)3/h7-12,17-19,24,27,29H,6,13-16H2,1-5H3,(H,26,31)(H,28,32);3-7H,2H2,1H3;5H,4H2,1-3H3/b11-9+;;. The predicted octanol–water partition coefficient (Wildman–Crippen LogP) is 6.22. The number of aliphatic hydroxyl groups excluding tert-OH is 1. The maximum Gasteiger partial charge on any atom is 0.239 e. The lowest BCUT2D eigenvalue weighted by molar-refractivity contribution is -0.130. The van der Waals surface area contributed by atoms with E-state index < -0.39 is 12.0 Å². The fourth-order valence-electron chi connectivity index (χ4n) is 3.79. The van der Waals surface area contributed by atoms with Crippen molar-refractivity contribution in [1.29, 1.82) is 0 Å². The SMILES string of the molecule is CCC(C)C.CCC(C)C(NCCOc1ccccc1/C=C/CNC(=O)CNC(=O)C(C)C(C)O)C(C)=O.CCc1ccccc1. The van der Waals surface area contributed by atoms with Crippen molar-refractivity contribution in [2.45, 2.75) is 93.7 Å². The third kappa shape index (κ3) is 19.8. The van der Waals surface area contributed by atoms with Crippen molar-refractivity contribution in [2.75, 3.05) is 26.2 Å². The number of aliphatic hydroxyl groups is 1. The summed E-state index contributed by atoms with van der Waals surface area (Å²) < 4.78 is 5.89. The molecule has 0 aliphatic heterocycles. The number of para-hydroxylation sites is 1. The van der Waals surface area contributed by atoms with Crippen LogP contribution in [0.4, 0.5) is 0 Å². The molecule has 4 unspecified atom stereocenters. The van der Waals surface area contributed by atoms with E-state index in [1.165, 1.54) is 18.9 Å². The first-order valence-electron chi connectivity index (χ1n) is 16.8. The molecular formula is C38H61N3O5. The Morgan fingerprint density at radius 3 is 2.00 bits per heavy atom. The van der Waals surface area contributed by atoms with E-state index in [1.54, 1.807) is 19.9 Å². The average Bonchev–Trinajstić information content (AvgIpc) is 3.06. The van der Waals surface area contributed by atoms with Gasteiger partial charge in [0.15, 0.2) is 0 Å². The van der Waals surface area contributed by atoms with Gasteiger partial charge in [0.1, 0.15) is 18.1 Å². The molecule has 0 fully saturated rings. The Bertz CT molecular complexity index is 1130. The minimum Gasteiger partial charge on any atom is -0.492 e. The van der Waals surface area contributed by atoms with Crippen LogP contribution in [0.15, 0.2) is 60.7 Å². The summed E-state index contributed by atoms with van der Waals surface area (Å²) in [5.41, 5.74) is 2.28. The molecule has 4 N–H and O–H groups in total. The van der Waals surface area contributed by atoms with Crippen LogP contribution in [-0.2, 0) is 20.8 Å². The van der Waals surface area contributed by atoms with E-state index in [4.69, 9.17) is 4.74 Å². The minimum atomic E-state index is -0.774. The number of hydrogen-bond acceptors (Lipinski definition) is 6. The Labute approximate surface area is 278 Å². The summed E-state index contributed by atoms with van der Waals surface area (Å²) in [5.74, 6) is 0.736. The second-order valence-corrected chi connectivity index (χ2v) is 11.9. The van der Waals surface area contributed by atoms with Crippen LogP contribution in [0.3, 0.4) is 0 Å². The molecule has 0 aliphatic rings. The summed E-state index contributed by atoms with van der Waals surface area (Å²) in [6.07, 6.45) is 6.25. The maximum absolute atomic E-state index is 11.9. The Balaban J connectivity index is 0.00000128. The fourth-order valence-corrected chi connectivity index (χ4v) is 3.79. The monoisotopic (exact) mass is 639 g/mol. The van der Waals surface area contributed by atoms with E-state index in [2.05, 4.69) is 81.8 Å². The number of Topliss-reactive ketones (excluding diaryl/α,β-unsaturated/α-hetero) is 1. The van der Waals surface area contributed by atoms with Crippen molar-refractivity contribution >= 4 is 23.7 Å². The fraction of sp³-hybridized carbons (Fsp3) is 0.553. The summed E-state index contributed by atoms with van der Waals surface area (Å²) >= 11 is 0. The molecule has 2 rings (SSSR count). The van der Waals surface area contributed by atoms with E-state index in [9.17, 15) is 19.5 Å². The normalized spacial score (nSPS) is 13.3. The zero-order valence-corrected chi connectivity index (χ0v) is 29.8. The number of rotatable bonds is 17. The molecule has 0 aliphatic carbocycles. The Hall–Kier alpha value is -3.49. The van der Waals surface area contributed by atoms with Gasteiger partial charge in [0.2, 0.25) is 11.8 Å². The quantitative estimate of drug-likeness (QED) is 0.153. The second-order valence-electron chi connectivity index (χ2n) is 11.9. The maximum atomic E-state index is 11.9. The van der Waals surface area contributed by atoms with Crippen LogP contribution in [0.2, 0.25) is 0 Å². The number of carbonyl (C=O) groups excluding carboxylic acids is 3. The Morgan fingerprint density at radius 1 is 0.870 bits per heavy atom. The average molecular weight is 640 g/mol. The number of nitrogens with one attached hydrogen (secondary N) is 3. The first-order valence-corrected chi connectivity index (χ1v) is 16.8. The second kappa shape index (κ2) is 25.7. The van der Waals surface area contributed by atoms with Gasteiger partial charge in [0.25, 0.3) is 0 Å². The van der Waals surface area contributed by atoms with Gasteiger partial charge in [-0.05, 0) is 43.7 Å². The van der Waals surface area contributed by atoms with Gasteiger partial charge in [-0.1, -0.05) is 122 Å². The molecule has 2 aromatic rings. The molecule has 46 heavy (non-hydrogen) atoms. The van der Waals surface area contributed by atoms with E-state index in [0.717, 1.165) is 24.3 Å². The minimum absolute atomic E-state index is 0.131. The number of hydrogen-bond donors (Lipinski definition) is 4. The summed E-state index contributed by atoms with van der Waals surface area (Å²) in [6.45, 7) is 18.8. The van der Waals surface area contributed by atoms with Crippen molar-refractivity contribution in [1.82, 2.24) is 16.0 Å². The first kappa shape index (κ1) is 42.5. The highest BCUT2D eigenvalue weighted by molar-refractivity contribution is 5.86. The molecule has 0 radical (unpaired) electrons. The molecule has 0 saturated carbocycles. The summed E-state index contributed by atoms with van der Waals surface area (Å²) in [5, 5.41) is 17.9. The van der Waals surface area contributed by atoms with Crippen molar-refractivity contribution in [3.63, 3.8) is 0 Å². The van der Waals surface area contributed by atoms with Crippen LogP contribution >= 0.6 is 0 Å². The molecule has 0 bridgehead atoms. The van der Waals surface area contributed by atoms with Crippen molar-refractivity contribution in [2.24, 2.45) is 17.8 Å². The molecule has 0 spiro atoms. The topological polar surface area (TPSA) is 117 Å². The zero-order chi connectivity index (χ0) is 34.9. The predicted molar refractivity (Wildman–Crippen MR) is 191 cm³/mol. The molecule has 258 valence electrons. The van der Waals surface area contributed by atoms with Crippen LogP contribution in [0, 0.1) is 17.8 Å². The molecule has 0 saturated heterocycles. The van der Waals surface area contributed by atoms with E-state index in [0.29, 0.717) is 25.4 Å². The lowest BCUT2D eigenvalue weighted by atomic mass is 9.96. The van der Waals surface area contributed by atoms with Gasteiger partial charge in [0, 0.05) is 18.7 Å². The van der Waals surface area contributed by atoms with Gasteiger partial charge in [-0.2, -0.15) is 0 Å². The van der Waals surface area contributed by atoms with Gasteiger partial charge in [-0.25, -0.2) is 0 Å². The number of amides is 2. The number of carbonyl (C=O) groups is 3. The molecule has 8 nitrogen and oxygen atoms in total. The molecule has 2 aromatic carbocycles.